The second-order valence-electron chi connectivity index (χ2n) is 5.68. The van der Waals surface area contributed by atoms with Gasteiger partial charge in [0, 0.05) is 12.3 Å². The summed E-state index contributed by atoms with van der Waals surface area (Å²) in [7, 11) is -3.31. The second kappa shape index (κ2) is 7.23. The van der Waals surface area contributed by atoms with E-state index in [1.165, 1.54) is 24.3 Å². The molecule has 3 rings (SSSR count). The number of benzene rings is 2. The number of sulfone groups is 1. The maximum absolute atomic E-state index is 13.7. The van der Waals surface area contributed by atoms with Gasteiger partial charge in [0.15, 0.2) is 9.84 Å². The van der Waals surface area contributed by atoms with Crippen LogP contribution in [0.2, 0.25) is 0 Å². The molecule has 1 aromatic heterocycles. The van der Waals surface area contributed by atoms with E-state index < -0.39 is 27.4 Å². The molecule has 10 heteroatoms. The SMILES string of the molecule is CS(=O)(=O)c1ccc(CC(=O)Nc2nnc(-c3ccc(F)cc3F)o2)cc1. The third-order valence-electron chi connectivity index (χ3n) is 3.55. The van der Waals surface area contributed by atoms with Crippen LogP contribution < -0.4 is 5.32 Å². The zero-order valence-electron chi connectivity index (χ0n) is 13.9. The fourth-order valence-electron chi connectivity index (χ4n) is 2.25. The molecule has 1 amide bonds. The van der Waals surface area contributed by atoms with Crippen molar-refractivity contribution in [2.24, 2.45) is 0 Å². The molecule has 0 atom stereocenters. The van der Waals surface area contributed by atoms with Gasteiger partial charge in [0.2, 0.25) is 5.91 Å². The second-order valence-corrected chi connectivity index (χ2v) is 7.69. The average Bonchev–Trinajstić information content (AvgIpc) is 3.02. The third kappa shape index (κ3) is 4.53. The normalized spacial score (nSPS) is 11.4. The Kier molecular flexibility index (Phi) is 5.00. The van der Waals surface area contributed by atoms with E-state index in [1.54, 1.807) is 0 Å². The van der Waals surface area contributed by atoms with Crippen molar-refractivity contribution < 1.29 is 26.4 Å². The maximum atomic E-state index is 13.7. The third-order valence-corrected chi connectivity index (χ3v) is 4.68. The molecule has 0 radical (unpaired) electrons. The number of carbonyl (C=O) groups is 1. The number of aromatic nitrogens is 2. The van der Waals surface area contributed by atoms with E-state index in [9.17, 15) is 22.0 Å². The first-order valence-corrected chi connectivity index (χ1v) is 9.49. The summed E-state index contributed by atoms with van der Waals surface area (Å²) in [6.45, 7) is 0. The van der Waals surface area contributed by atoms with E-state index in [0.29, 0.717) is 11.6 Å². The van der Waals surface area contributed by atoms with Crippen LogP contribution in [0.3, 0.4) is 0 Å². The summed E-state index contributed by atoms with van der Waals surface area (Å²) in [6, 6.07) is 8.46. The Morgan fingerprint density at radius 3 is 2.44 bits per heavy atom. The first kappa shape index (κ1) is 18.6. The standard InChI is InChI=1S/C17H13F2N3O4S/c1-27(24,25)12-5-2-10(3-6-12)8-15(23)20-17-22-21-16(26-17)13-7-4-11(18)9-14(13)19/h2-7,9H,8H2,1H3,(H,20,22,23). The van der Waals surface area contributed by atoms with Gasteiger partial charge in [0.25, 0.3) is 5.89 Å². The van der Waals surface area contributed by atoms with Crippen molar-refractivity contribution in [3.8, 4) is 11.5 Å². The number of nitrogens with zero attached hydrogens (tertiary/aromatic N) is 2. The molecule has 0 fully saturated rings. The lowest BCUT2D eigenvalue weighted by atomic mass is 10.1. The molecule has 0 bridgehead atoms. The zero-order valence-corrected chi connectivity index (χ0v) is 14.8. The van der Waals surface area contributed by atoms with E-state index >= 15 is 0 Å². The predicted molar refractivity (Wildman–Crippen MR) is 91.5 cm³/mol. The Balaban J connectivity index is 1.67. The highest BCUT2D eigenvalue weighted by molar-refractivity contribution is 7.90. The Morgan fingerprint density at radius 1 is 1.11 bits per heavy atom. The molecule has 0 unspecified atom stereocenters. The summed E-state index contributed by atoms with van der Waals surface area (Å²) in [5.41, 5.74) is 0.477. The van der Waals surface area contributed by atoms with Gasteiger partial charge < -0.3 is 4.42 Å². The number of hydrogen-bond donors (Lipinski definition) is 1. The molecule has 0 aliphatic carbocycles. The van der Waals surface area contributed by atoms with Crippen molar-refractivity contribution in [1.29, 1.82) is 0 Å². The molecule has 3 aromatic rings. The zero-order chi connectivity index (χ0) is 19.6. The highest BCUT2D eigenvalue weighted by atomic mass is 32.2. The number of rotatable bonds is 5. The van der Waals surface area contributed by atoms with Gasteiger partial charge in [0.05, 0.1) is 16.9 Å². The average molecular weight is 393 g/mol. The summed E-state index contributed by atoms with van der Waals surface area (Å²) < 4.78 is 54.7. The fraction of sp³-hybridized carbons (Fsp3) is 0.118. The Morgan fingerprint density at radius 2 is 1.81 bits per heavy atom. The van der Waals surface area contributed by atoms with Crippen molar-refractivity contribution in [1.82, 2.24) is 10.2 Å². The van der Waals surface area contributed by atoms with Crippen molar-refractivity contribution >= 4 is 21.8 Å². The van der Waals surface area contributed by atoms with Crippen molar-refractivity contribution in [3.05, 3.63) is 59.7 Å². The summed E-state index contributed by atoms with van der Waals surface area (Å²) in [4.78, 5) is 12.2. The van der Waals surface area contributed by atoms with E-state index in [2.05, 4.69) is 15.5 Å². The van der Waals surface area contributed by atoms with Crippen LogP contribution in [-0.4, -0.2) is 30.8 Å². The van der Waals surface area contributed by atoms with Gasteiger partial charge in [-0.1, -0.05) is 17.2 Å². The molecular weight excluding hydrogens is 380 g/mol. The maximum Gasteiger partial charge on any atom is 0.322 e. The lowest BCUT2D eigenvalue weighted by Crippen LogP contribution is -2.14. The summed E-state index contributed by atoms with van der Waals surface area (Å²) in [5, 5.41) is 9.57. The molecule has 1 heterocycles. The van der Waals surface area contributed by atoms with Crippen molar-refractivity contribution in [2.75, 3.05) is 11.6 Å². The van der Waals surface area contributed by atoms with E-state index in [-0.39, 0.29) is 28.8 Å². The van der Waals surface area contributed by atoms with Gasteiger partial charge >= 0.3 is 6.01 Å². The quantitative estimate of drug-likeness (QED) is 0.715. The molecule has 2 aromatic carbocycles. The van der Waals surface area contributed by atoms with Crippen molar-refractivity contribution in [3.63, 3.8) is 0 Å². The Hall–Kier alpha value is -3.14. The number of nitrogens with one attached hydrogen (secondary N) is 1. The van der Waals surface area contributed by atoms with E-state index in [1.807, 2.05) is 0 Å². The lowest BCUT2D eigenvalue weighted by Gasteiger charge is -2.03. The van der Waals surface area contributed by atoms with Gasteiger partial charge in [-0.05, 0) is 29.8 Å². The molecule has 0 spiro atoms. The first-order valence-electron chi connectivity index (χ1n) is 7.60. The van der Waals surface area contributed by atoms with Gasteiger partial charge in [-0.15, -0.1) is 5.10 Å². The van der Waals surface area contributed by atoms with Crippen LogP contribution in [0.4, 0.5) is 14.8 Å². The highest BCUT2D eigenvalue weighted by Gasteiger charge is 2.15. The van der Waals surface area contributed by atoms with Gasteiger partial charge in [-0.3, -0.25) is 10.1 Å². The number of anilines is 1. The van der Waals surface area contributed by atoms with Gasteiger partial charge in [-0.25, -0.2) is 17.2 Å². The van der Waals surface area contributed by atoms with Gasteiger partial charge in [-0.2, -0.15) is 0 Å². The topological polar surface area (TPSA) is 102 Å². The van der Waals surface area contributed by atoms with Crippen LogP contribution in [-0.2, 0) is 21.1 Å². The van der Waals surface area contributed by atoms with Gasteiger partial charge in [0.1, 0.15) is 11.6 Å². The first-order chi connectivity index (χ1) is 12.7. The van der Waals surface area contributed by atoms with Crippen LogP contribution in [0.5, 0.6) is 0 Å². The van der Waals surface area contributed by atoms with E-state index in [0.717, 1.165) is 18.4 Å². The summed E-state index contributed by atoms with van der Waals surface area (Å²) >= 11 is 0. The Labute approximate surface area is 153 Å². The number of hydrogen-bond acceptors (Lipinski definition) is 6. The number of carbonyl (C=O) groups excluding carboxylic acids is 1. The largest absolute Gasteiger partial charge is 0.403 e. The van der Waals surface area contributed by atoms with Crippen LogP contribution in [0.15, 0.2) is 51.8 Å². The summed E-state index contributed by atoms with van der Waals surface area (Å²) in [6.07, 6.45) is 1.03. The molecule has 0 aliphatic rings. The number of halogens is 2. The van der Waals surface area contributed by atoms with E-state index in [4.69, 9.17) is 4.42 Å². The highest BCUT2D eigenvalue weighted by Crippen LogP contribution is 2.23. The molecular formula is C17H13F2N3O4S. The smallest absolute Gasteiger partial charge is 0.322 e. The monoisotopic (exact) mass is 393 g/mol. The fourth-order valence-corrected chi connectivity index (χ4v) is 2.88. The van der Waals surface area contributed by atoms with Crippen LogP contribution in [0.25, 0.3) is 11.5 Å². The predicted octanol–water partition coefficient (Wildman–Crippen LogP) is 2.60. The van der Waals surface area contributed by atoms with Crippen LogP contribution in [0, 0.1) is 11.6 Å². The lowest BCUT2D eigenvalue weighted by molar-refractivity contribution is -0.115. The molecule has 1 N–H and O–H groups in total. The molecule has 0 saturated heterocycles. The number of amides is 1. The molecule has 0 aliphatic heterocycles. The van der Waals surface area contributed by atoms with Crippen LogP contribution in [0.1, 0.15) is 5.56 Å². The molecule has 7 nitrogen and oxygen atoms in total. The van der Waals surface area contributed by atoms with Crippen LogP contribution >= 0.6 is 0 Å². The Bertz CT molecular complexity index is 1100. The molecule has 27 heavy (non-hydrogen) atoms. The minimum atomic E-state index is -3.31. The minimum Gasteiger partial charge on any atom is -0.403 e. The molecule has 140 valence electrons. The minimum absolute atomic E-state index is 0.0628. The van der Waals surface area contributed by atoms with Crippen molar-refractivity contribution in [2.45, 2.75) is 11.3 Å². The molecule has 0 saturated carbocycles. The summed E-state index contributed by atoms with van der Waals surface area (Å²) in [5.74, 6) is -2.31.